The maximum absolute atomic E-state index is 6.08. The minimum Gasteiger partial charge on any atom is -0.487 e. The Bertz CT molecular complexity index is 453. The minimum absolute atomic E-state index is 0.0720. The molecule has 1 fully saturated rings. The number of hydrogen-bond donors (Lipinski definition) is 1. The summed E-state index contributed by atoms with van der Waals surface area (Å²) in [6, 6.07) is 6.44. The van der Waals surface area contributed by atoms with Gasteiger partial charge in [0.1, 0.15) is 11.4 Å². The van der Waals surface area contributed by atoms with E-state index in [9.17, 15) is 0 Å². The number of nitrogens with zero attached hydrogens (tertiary/aromatic N) is 1. The number of rotatable bonds is 3. The van der Waals surface area contributed by atoms with Gasteiger partial charge >= 0.3 is 0 Å². The van der Waals surface area contributed by atoms with Crippen LogP contribution in [0.4, 0.5) is 0 Å². The fourth-order valence-electron chi connectivity index (χ4n) is 2.74. The summed E-state index contributed by atoms with van der Waals surface area (Å²) in [5.41, 5.74) is 5.97. The van der Waals surface area contributed by atoms with Crippen molar-refractivity contribution in [1.82, 2.24) is 10.4 Å². The van der Waals surface area contributed by atoms with Crippen LogP contribution in [0.15, 0.2) is 18.2 Å². The van der Waals surface area contributed by atoms with Crippen LogP contribution in [-0.2, 0) is 17.7 Å². The molecule has 2 heterocycles. The van der Waals surface area contributed by atoms with Crippen molar-refractivity contribution in [2.45, 2.75) is 32.4 Å². The molecule has 1 N–H and O–H groups in total. The molecule has 0 spiro atoms. The number of fused-ring (bicyclic) bond motifs is 1. The Labute approximate surface area is 114 Å². The van der Waals surface area contributed by atoms with Crippen molar-refractivity contribution in [3.05, 3.63) is 29.3 Å². The van der Waals surface area contributed by atoms with Gasteiger partial charge in [0.2, 0.25) is 0 Å². The molecule has 0 saturated carbocycles. The summed E-state index contributed by atoms with van der Waals surface area (Å²) < 4.78 is 11.4. The highest BCUT2D eigenvalue weighted by Gasteiger charge is 2.31. The van der Waals surface area contributed by atoms with Gasteiger partial charge < -0.3 is 9.47 Å². The van der Waals surface area contributed by atoms with Crippen molar-refractivity contribution < 1.29 is 9.47 Å². The maximum atomic E-state index is 6.08. The van der Waals surface area contributed by atoms with Crippen molar-refractivity contribution in [3.8, 4) is 5.75 Å². The molecule has 3 rings (SSSR count). The molecule has 2 aliphatic rings. The second-order valence-electron chi connectivity index (χ2n) is 5.88. The highest BCUT2D eigenvalue weighted by Crippen LogP contribution is 2.37. The van der Waals surface area contributed by atoms with E-state index in [0.29, 0.717) is 0 Å². The van der Waals surface area contributed by atoms with E-state index in [4.69, 9.17) is 9.47 Å². The van der Waals surface area contributed by atoms with Crippen LogP contribution in [0.3, 0.4) is 0 Å². The van der Waals surface area contributed by atoms with Crippen LogP contribution in [0.5, 0.6) is 5.75 Å². The molecule has 0 amide bonds. The summed E-state index contributed by atoms with van der Waals surface area (Å²) in [6.07, 6.45) is 0.994. The van der Waals surface area contributed by atoms with Gasteiger partial charge in [0.05, 0.1) is 13.2 Å². The number of hydrazine groups is 1. The molecule has 2 aliphatic heterocycles. The van der Waals surface area contributed by atoms with E-state index in [1.54, 1.807) is 0 Å². The Morgan fingerprint density at radius 2 is 2.05 bits per heavy atom. The highest BCUT2D eigenvalue weighted by atomic mass is 16.5. The first-order valence-electron chi connectivity index (χ1n) is 7.00. The van der Waals surface area contributed by atoms with E-state index >= 15 is 0 Å². The molecule has 0 radical (unpaired) electrons. The molecule has 4 nitrogen and oxygen atoms in total. The molecular formula is C15H22N2O2. The zero-order valence-electron chi connectivity index (χ0n) is 11.7. The SMILES string of the molecule is CC1(C)Cc2cccc(CNN3CCOCC3)c2O1. The number of nitrogens with one attached hydrogen (secondary N) is 1. The fourth-order valence-corrected chi connectivity index (χ4v) is 2.74. The van der Waals surface area contributed by atoms with Crippen molar-refractivity contribution >= 4 is 0 Å². The fraction of sp³-hybridized carbons (Fsp3) is 0.600. The topological polar surface area (TPSA) is 33.7 Å². The second-order valence-corrected chi connectivity index (χ2v) is 5.88. The lowest BCUT2D eigenvalue weighted by atomic mass is 10.0. The molecule has 1 aromatic rings. The standard InChI is InChI=1S/C15H22N2O2/c1-15(2)10-12-4-3-5-13(14(12)19-15)11-16-17-6-8-18-9-7-17/h3-5,16H,6-11H2,1-2H3. The Kier molecular flexibility index (Phi) is 3.48. The average molecular weight is 262 g/mol. The van der Waals surface area contributed by atoms with Gasteiger partial charge in [-0.1, -0.05) is 18.2 Å². The second kappa shape index (κ2) is 5.12. The van der Waals surface area contributed by atoms with Crippen LogP contribution >= 0.6 is 0 Å². The molecule has 4 heteroatoms. The minimum atomic E-state index is -0.0720. The van der Waals surface area contributed by atoms with Gasteiger partial charge in [-0.3, -0.25) is 5.43 Å². The summed E-state index contributed by atoms with van der Waals surface area (Å²) in [4.78, 5) is 0. The quantitative estimate of drug-likeness (QED) is 0.899. The Morgan fingerprint density at radius 1 is 1.26 bits per heavy atom. The van der Waals surface area contributed by atoms with Gasteiger partial charge in [-0.05, 0) is 19.4 Å². The van der Waals surface area contributed by atoms with Gasteiger partial charge in [0.15, 0.2) is 0 Å². The van der Waals surface area contributed by atoms with Crippen LogP contribution < -0.4 is 10.2 Å². The molecule has 1 aromatic carbocycles. The summed E-state index contributed by atoms with van der Waals surface area (Å²) in [5.74, 6) is 1.08. The van der Waals surface area contributed by atoms with E-state index in [1.165, 1.54) is 11.1 Å². The van der Waals surface area contributed by atoms with Crippen LogP contribution in [0.2, 0.25) is 0 Å². The van der Waals surface area contributed by atoms with Gasteiger partial charge in [0.25, 0.3) is 0 Å². The lowest BCUT2D eigenvalue weighted by Crippen LogP contribution is -2.45. The first kappa shape index (κ1) is 12.9. The molecule has 0 bridgehead atoms. The zero-order valence-corrected chi connectivity index (χ0v) is 11.7. The van der Waals surface area contributed by atoms with Gasteiger partial charge in [-0.25, -0.2) is 5.01 Å². The van der Waals surface area contributed by atoms with Crippen molar-refractivity contribution in [2.75, 3.05) is 26.3 Å². The van der Waals surface area contributed by atoms with Crippen LogP contribution in [-0.4, -0.2) is 36.9 Å². The number of morpholine rings is 1. The third-order valence-corrected chi connectivity index (χ3v) is 3.68. The smallest absolute Gasteiger partial charge is 0.128 e. The molecule has 0 unspecified atom stereocenters. The Morgan fingerprint density at radius 3 is 2.84 bits per heavy atom. The Hall–Kier alpha value is -1.10. The predicted molar refractivity (Wildman–Crippen MR) is 74.1 cm³/mol. The first-order valence-corrected chi connectivity index (χ1v) is 7.00. The molecule has 0 atom stereocenters. The first-order chi connectivity index (χ1) is 9.14. The number of ether oxygens (including phenoxy) is 2. The lowest BCUT2D eigenvalue weighted by molar-refractivity contribution is 0.0103. The van der Waals surface area contributed by atoms with Crippen molar-refractivity contribution in [1.29, 1.82) is 0 Å². The molecular weight excluding hydrogens is 240 g/mol. The van der Waals surface area contributed by atoms with E-state index in [1.807, 2.05) is 0 Å². The van der Waals surface area contributed by atoms with E-state index < -0.39 is 0 Å². The normalized spacial score (nSPS) is 22.0. The third-order valence-electron chi connectivity index (χ3n) is 3.68. The molecule has 19 heavy (non-hydrogen) atoms. The molecule has 104 valence electrons. The largest absolute Gasteiger partial charge is 0.487 e. The van der Waals surface area contributed by atoms with Crippen molar-refractivity contribution in [3.63, 3.8) is 0 Å². The molecule has 0 aromatic heterocycles. The maximum Gasteiger partial charge on any atom is 0.128 e. The number of para-hydroxylation sites is 1. The molecule has 1 saturated heterocycles. The van der Waals surface area contributed by atoms with E-state index in [2.05, 4.69) is 42.5 Å². The van der Waals surface area contributed by atoms with E-state index in [0.717, 1.165) is 45.0 Å². The summed E-state index contributed by atoms with van der Waals surface area (Å²) in [5, 5.41) is 2.23. The highest BCUT2D eigenvalue weighted by molar-refractivity contribution is 5.45. The third kappa shape index (κ3) is 2.91. The summed E-state index contributed by atoms with van der Waals surface area (Å²) in [6.45, 7) is 8.62. The summed E-state index contributed by atoms with van der Waals surface area (Å²) in [7, 11) is 0. The average Bonchev–Trinajstić information content (AvgIpc) is 2.72. The van der Waals surface area contributed by atoms with Gasteiger partial charge in [-0.2, -0.15) is 0 Å². The van der Waals surface area contributed by atoms with Crippen LogP contribution in [0.1, 0.15) is 25.0 Å². The molecule has 0 aliphatic carbocycles. The monoisotopic (exact) mass is 262 g/mol. The Balaban J connectivity index is 1.67. The van der Waals surface area contributed by atoms with Crippen LogP contribution in [0, 0.1) is 0 Å². The van der Waals surface area contributed by atoms with Crippen molar-refractivity contribution in [2.24, 2.45) is 0 Å². The predicted octanol–water partition coefficient (Wildman–Crippen LogP) is 1.74. The van der Waals surface area contributed by atoms with E-state index in [-0.39, 0.29) is 5.60 Å². The number of hydrogen-bond acceptors (Lipinski definition) is 4. The summed E-state index contributed by atoms with van der Waals surface area (Å²) >= 11 is 0. The van der Waals surface area contributed by atoms with Crippen LogP contribution in [0.25, 0.3) is 0 Å². The van der Waals surface area contributed by atoms with Gasteiger partial charge in [-0.15, -0.1) is 0 Å². The number of benzene rings is 1. The van der Waals surface area contributed by atoms with Gasteiger partial charge in [0, 0.05) is 31.6 Å². The zero-order chi connectivity index (χ0) is 13.3. The lowest BCUT2D eigenvalue weighted by Gasteiger charge is -2.27.